The first kappa shape index (κ1) is 23.0. The van der Waals surface area contributed by atoms with Crippen LogP contribution in [-0.4, -0.2) is 54.5 Å². The number of amides is 3. The topological polar surface area (TPSA) is 121 Å². The number of benzene rings is 2. The van der Waals surface area contributed by atoms with Gasteiger partial charge in [-0.15, -0.1) is 0 Å². The lowest BCUT2D eigenvalue weighted by atomic mass is 10.0. The number of piperidine rings is 1. The van der Waals surface area contributed by atoms with E-state index in [1.54, 1.807) is 12.1 Å². The third-order valence-corrected chi connectivity index (χ3v) is 6.66. The first-order valence-corrected chi connectivity index (χ1v) is 11.8. The number of carbonyl (C=O) groups is 3. The molecule has 0 aliphatic carbocycles. The van der Waals surface area contributed by atoms with E-state index < -0.39 is 11.9 Å². The monoisotopic (exact) mass is 474 g/mol. The fourth-order valence-electron chi connectivity index (χ4n) is 4.81. The zero-order chi connectivity index (χ0) is 24.4. The number of morpholine rings is 1. The van der Waals surface area contributed by atoms with E-state index in [2.05, 4.69) is 16.7 Å². The van der Waals surface area contributed by atoms with Crippen molar-refractivity contribution < 1.29 is 23.9 Å². The van der Waals surface area contributed by atoms with Gasteiger partial charge in [-0.05, 0) is 36.1 Å². The van der Waals surface area contributed by atoms with Crippen molar-refractivity contribution in [2.24, 2.45) is 0 Å². The predicted octanol–water partition coefficient (Wildman–Crippen LogP) is 1.43. The lowest BCUT2D eigenvalue weighted by Crippen LogP contribution is -2.52. The molecule has 0 spiro atoms. The molecule has 0 saturated carbocycles. The molecule has 9 heteroatoms. The van der Waals surface area contributed by atoms with E-state index in [1.165, 1.54) is 10.5 Å². The fourth-order valence-corrected chi connectivity index (χ4v) is 4.81. The highest BCUT2D eigenvalue weighted by Crippen LogP contribution is 2.36. The molecular formula is C26H26N4O5. The molecule has 35 heavy (non-hydrogen) atoms. The predicted molar refractivity (Wildman–Crippen MR) is 124 cm³/mol. The van der Waals surface area contributed by atoms with Gasteiger partial charge >= 0.3 is 0 Å². The number of fused-ring (bicyclic) bond motifs is 1. The Hall–Kier alpha value is -3.74. The summed E-state index contributed by atoms with van der Waals surface area (Å²) >= 11 is 0. The van der Waals surface area contributed by atoms with Gasteiger partial charge in [0.25, 0.3) is 5.91 Å². The number of ether oxygens (including phenoxy) is 2. The van der Waals surface area contributed by atoms with Crippen molar-refractivity contribution in [1.82, 2.24) is 15.5 Å². The van der Waals surface area contributed by atoms with Gasteiger partial charge in [-0.2, -0.15) is 5.26 Å². The van der Waals surface area contributed by atoms with E-state index in [0.717, 1.165) is 31.7 Å². The maximum atomic E-state index is 13.1. The lowest BCUT2D eigenvalue weighted by Gasteiger charge is -2.29. The largest absolute Gasteiger partial charge is 0.487 e. The number of nitriles is 1. The summed E-state index contributed by atoms with van der Waals surface area (Å²) in [6.45, 7) is 2.84. The smallest absolute Gasteiger partial charge is 0.255 e. The standard InChI is InChI=1S/C26H26N4O5/c27-12-18-5-6-20-21(14-30(26(20)33)22-7-8-23(31)29-25(22)32)24(18)35-15-17-3-1-16(2-4-17)11-19-13-28-9-10-34-19/h1-6,19,22,28H,7-11,13-15H2,(H,29,31,32). The summed E-state index contributed by atoms with van der Waals surface area (Å²) in [6, 6.07) is 12.7. The van der Waals surface area contributed by atoms with Crippen LogP contribution in [0.25, 0.3) is 0 Å². The minimum Gasteiger partial charge on any atom is -0.487 e. The number of hydrogen-bond donors (Lipinski definition) is 2. The first-order valence-electron chi connectivity index (χ1n) is 11.8. The molecule has 2 unspecified atom stereocenters. The van der Waals surface area contributed by atoms with Gasteiger partial charge in [-0.3, -0.25) is 19.7 Å². The highest BCUT2D eigenvalue weighted by Gasteiger charge is 2.40. The van der Waals surface area contributed by atoms with E-state index >= 15 is 0 Å². The van der Waals surface area contributed by atoms with E-state index in [0.29, 0.717) is 22.4 Å². The van der Waals surface area contributed by atoms with Crippen LogP contribution in [-0.2, 0) is 33.9 Å². The highest BCUT2D eigenvalue weighted by molar-refractivity contribution is 6.05. The SMILES string of the molecule is N#Cc1ccc2c(c1OCc1ccc(CC3CNCCO3)cc1)CN(C1CCC(=O)NC1=O)C2=O. The van der Waals surface area contributed by atoms with Crippen molar-refractivity contribution >= 4 is 17.7 Å². The Kier molecular flexibility index (Phi) is 6.49. The number of carbonyl (C=O) groups excluding carboxylic acids is 3. The number of imide groups is 1. The number of rotatable bonds is 6. The lowest BCUT2D eigenvalue weighted by molar-refractivity contribution is -0.136. The highest BCUT2D eigenvalue weighted by atomic mass is 16.5. The number of nitrogens with one attached hydrogen (secondary N) is 2. The van der Waals surface area contributed by atoms with Crippen molar-refractivity contribution in [3.63, 3.8) is 0 Å². The van der Waals surface area contributed by atoms with Gasteiger partial charge in [0, 0.05) is 30.6 Å². The van der Waals surface area contributed by atoms with Crippen LogP contribution in [0.3, 0.4) is 0 Å². The molecule has 2 aromatic rings. The van der Waals surface area contributed by atoms with Gasteiger partial charge in [-0.1, -0.05) is 24.3 Å². The molecule has 3 heterocycles. The molecule has 180 valence electrons. The second-order valence-corrected chi connectivity index (χ2v) is 8.99. The molecule has 3 aliphatic heterocycles. The molecule has 5 rings (SSSR count). The summed E-state index contributed by atoms with van der Waals surface area (Å²) in [6.07, 6.45) is 1.46. The summed E-state index contributed by atoms with van der Waals surface area (Å²) in [7, 11) is 0. The van der Waals surface area contributed by atoms with Gasteiger partial charge in [0.1, 0.15) is 24.5 Å². The van der Waals surface area contributed by atoms with Gasteiger partial charge in [-0.25, -0.2) is 0 Å². The third kappa shape index (κ3) is 4.76. The van der Waals surface area contributed by atoms with Gasteiger partial charge < -0.3 is 19.7 Å². The second-order valence-electron chi connectivity index (χ2n) is 8.99. The molecular weight excluding hydrogens is 448 g/mol. The summed E-state index contributed by atoms with van der Waals surface area (Å²) in [4.78, 5) is 38.4. The normalized spacial score (nSPS) is 21.9. The summed E-state index contributed by atoms with van der Waals surface area (Å²) in [5, 5.41) is 15.3. The Labute approximate surface area is 203 Å². The Morgan fingerprint density at radius 3 is 2.63 bits per heavy atom. The van der Waals surface area contributed by atoms with Crippen molar-refractivity contribution in [2.45, 2.75) is 44.6 Å². The molecule has 3 aliphatic rings. The molecule has 2 atom stereocenters. The first-order chi connectivity index (χ1) is 17.0. The van der Waals surface area contributed by atoms with Crippen molar-refractivity contribution in [3.05, 3.63) is 64.2 Å². The molecule has 0 aromatic heterocycles. The van der Waals surface area contributed by atoms with Gasteiger partial charge in [0.05, 0.1) is 24.8 Å². The van der Waals surface area contributed by atoms with Crippen LogP contribution < -0.4 is 15.4 Å². The fraction of sp³-hybridized carbons (Fsp3) is 0.385. The quantitative estimate of drug-likeness (QED) is 0.608. The van der Waals surface area contributed by atoms with Crippen LogP contribution in [0.15, 0.2) is 36.4 Å². The zero-order valence-electron chi connectivity index (χ0n) is 19.2. The Morgan fingerprint density at radius 1 is 1.11 bits per heavy atom. The molecule has 2 aromatic carbocycles. The molecule has 9 nitrogen and oxygen atoms in total. The molecule has 2 saturated heterocycles. The second kappa shape index (κ2) is 9.86. The van der Waals surface area contributed by atoms with Crippen LogP contribution >= 0.6 is 0 Å². The third-order valence-electron chi connectivity index (χ3n) is 6.66. The summed E-state index contributed by atoms with van der Waals surface area (Å²) < 4.78 is 11.9. The van der Waals surface area contributed by atoms with Gasteiger partial charge in [0.2, 0.25) is 11.8 Å². The van der Waals surface area contributed by atoms with E-state index in [1.807, 2.05) is 24.3 Å². The number of hydrogen-bond acceptors (Lipinski definition) is 7. The maximum Gasteiger partial charge on any atom is 0.255 e. The van der Waals surface area contributed by atoms with Crippen LogP contribution in [0.4, 0.5) is 0 Å². The molecule has 2 N–H and O–H groups in total. The Bertz CT molecular complexity index is 1200. The number of nitrogens with zero attached hydrogens (tertiary/aromatic N) is 2. The molecule has 2 fully saturated rings. The molecule has 3 amide bonds. The average Bonchev–Trinajstić information content (AvgIpc) is 3.20. The van der Waals surface area contributed by atoms with E-state index in [4.69, 9.17) is 9.47 Å². The van der Waals surface area contributed by atoms with Gasteiger partial charge in [0.15, 0.2) is 0 Å². The molecule has 0 bridgehead atoms. The summed E-state index contributed by atoms with van der Waals surface area (Å²) in [5.41, 5.74) is 3.45. The van der Waals surface area contributed by atoms with Crippen molar-refractivity contribution in [3.8, 4) is 11.8 Å². The Balaban J connectivity index is 1.30. The van der Waals surface area contributed by atoms with Crippen LogP contribution in [0.2, 0.25) is 0 Å². The molecule has 0 radical (unpaired) electrons. The minimum absolute atomic E-state index is 0.152. The minimum atomic E-state index is -0.720. The van der Waals surface area contributed by atoms with Crippen molar-refractivity contribution in [1.29, 1.82) is 5.26 Å². The van der Waals surface area contributed by atoms with E-state index in [9.17, 15) is 19.6 Å². The van der Waals surface area contributed by atoms with Crippen LogP contribution in [0.1, 0.15) is 45.5 Å². The van der Waals surface area contributed by atoms with Crippen LogP contribution in [0.5, 0.6) is 5.75 Å². The van der Waals surface area contributed by atoms with E-state index in [-0.39, 0.29) is 43.9 Å². The average molecular weight is 475 g/mol. The summed E-state index contributed by atoms with van der Waals surface area (Å²) in [5.74, 6) is -0.744. The zero-order valence-corrected chi connectivity index (χ0v) is 19.2. The maximum absolute atomic E-state index is 13.1. The van der Waals surface area contributed by atoms with Crippen molar-refractivity contribution in [2.75, 3.05) is 19.7 Å². The van der Waals surface area contributed by atoms with Crippen LogP contribution in [0, 0.1) is 11.3 Å². The Morgan fingerprint density at radius 2 is 1.91 bits per heavy atom.